The first-order chi connectivity index (χ1) is 20.5. The summed E-state index contributed by atoms with van der Waals surface area (Å²) < 4.78 is 3.31. The number of hydrogen-bond donors (Lipinski definition) is 4. The molecule has 2 unspecified atom stereocenters. The predicted molar refractivity (Wildman–Crippen MR) is 199 cm³/mol. The van der Waals surface area contributed by atoms with Crippen molar-refractivity contribution in [3.8, 4) is 0 Å². The van der Waals surface area contributed by atoms with Crippen LogP contribution in [0.3, 0.4) is 0 Å². The number of carbonyl (C=O) groups is 2. The summed E-state index contributed by atoms with van der Waals surface area (Å²) in [6, 6.07) is 0. The minimum absolute atomic E-state index is 0.0736. The summed E-state index contributed by atoms with van der Waals surface area (Å²) >= 11 is 8.01. The molecule has 4 nitrogen and oxygen atoms in total. The van der Waals surface area contributed by atoms with Crippen molar-refractivity contribution in [1.82, 2.24) is 0 Å². The molecule has 0 bridgehead atoms. The molecule has 0 aliphatic carbocycles. The molecule has 258 valence electrons. The van der Waals surface area contributed by atoms with Crippen LogP contribution < -0.4 is 0 Å². The van der Waals surface area contributed by atoms with Crippen LogP contribution in [0.5, 0.6) is 0 Å². The van der Waals surface area contributed by atoms with E-state index in [0.29, 0.717) is 12.8 Å². The average Bonchev–Trinajstić information content (AvgIpc) is 2.95. The second kappa shape index (κ2) is 38.6. The van der Waals surface area contributed by atoms with E-state index in [9.17, 15) is 9.59 Å². The standard InChI is InChI=1S/2C10H20O2S.2C8H17.Sn/c2*1-8(2)6-4-3-5-7-9(13)10(11)12;2*1-3-5-7-8-6-4-2;/h2*8-9,13H,3-7H2,1-2H3,(H,11,12);2*1,3-8H2,2H3;. The van der Waals surface area contributed by atoms with Gasteiger partial charge in [0.2, 0.25) is 0 Å². The first-order valence-corrected chi connectivity index (χ1v) is 23.1. The number of carboxylic acids is 2. The van der Waals surface area contributed by atoms with Gasteiger partial charge in [0.1, 0.15) is 0 Å². The van der Waals surface area contributed by atoms with Gasteiger partial charge in [-0.05, 0) is 24.7 Å². The van der Waals surface area contributed by atoms with Gasteiger partial charge >= 0.3 is 133 Å². The van der Waals surface area contributed by atoms with Gasteiger partial charge in [-0.25, -0.2) is 0 Å². The van der Waals surface area contributed by atoms with Crippen molar-refractivity contribution in [3.05, 3.63) is 0 Å². The van der Waals surface area contributed by atoms with Crippen LogP contribution in [0, 0.1) is 11.8 Å². The van der Waals surface area contributed by atoms with Gasteiger partial charge in [-0.1, -0.05) is 79.1 Å². The monoisotopic (exact) mass is 754 g/mol. The van der Waals surface area contributed by atoms with Gasteiger partial charge in [0.05, 0.1) is 10.5 Å². The second-order valence-electron chi connectivity index (χ2n) is 13.1. The van der Waals surface area contributed by atoms with E-state index in [-0.39, 0.29) is 21.1 Å². The maximum absolute atomic E-state index is 10.4. The fourth-order valence-corrected chi connectivity index (χ4v) is 8.50. The Morgan fingerprint density at radius 2 is 0.767 bits per heavy atom. The van der Waals surface area contributed by atoms with E-state index in [2.05, 4.69) is 66.8 Å². The van der Waals surface area contributed by atoms with Crippen LogP contribution in [0.4, 0.5) is 0 Å². The van der Waals surface area contributed by atoms with Crippen molar-refractivity contribution in [3.63, 3.8) is 0 Å². The Balaban J connectivity index is -0.000000566. The number of unbranched alkanes of at least 4 members (excludes halogenated alkanes) is 14. The molecule has 0 spiro atoms. The molecule has 0 fully saturated rings. The van der Waals surface area contributed by atoms with E-state index < -0.39 is 22.4 Å². The summed E-state index contributed by atoms with van der Waals surface area (Å²) in [7, 11) is 0. The Hall–Kier alpha value is 0.439. The van der Waals surface area contributed by atoms with Crippen LogP contribution >= 0.6 is 25.3 Å². The van der Waals surface area contributed by atoms with Crippen molar-refractivity contribution in [2.24, 2.45) is 11.8 Å². The molecular formula is C36H74O4S2Sn. The van der Waals surface area contributed by atoms with E-state index in [1.165, 1.54) is 89.9 Å². The third-order valence-electron chi connectivity index (χ3n) is 7.50. The van der Waals surface area contributed by atoms with Crippen LogP contribution in [0.25, 0.3) is 0 Å². The fourth-order valence-electron chi connectivity index (χ4n) is 4.57. The number of carboxylic acid groups (broad SMARTS) is 2. The van der Waals surface area contributed by atoms with Crippen molar-refractivity contribution < 1.29 is 19.8 Å². The van der Waals surface area contributed by atoms with Crippen LogP contribution in [0.1, 0.15) is 183 Å². The third-order valence-corrected chi connectivity index (χ3v) is 12.5. The summed E-state index contributed by atoms with van der Waals surface area (Å²) in [6.07, 6.45) is 28.3. The van der Waals surface area contributed by atoms with Crippen LogP contribution in [-0.4, -0.2) is 53.8 Å². The molecule has 2 N–H and O–H groups in total. The van der Waals surface area contributed by atoms with Gasteiger partial charge < -0.3 is 10.2 Å². The van der Waals surface area contributed by atoms with Crippen molar-refractivity contribution >= 4 is 58.3 Å². The molecule has 0 saturated heterocycles. The normalized spacial score (nSPS) is 12.3. The summed E-state index contributed by atoms with van der Waals surface area (Å²) in [6.45, 7) is 13.4. The first kappa shape index (κ1) is 47.8. The van der Waals surface area contributed by atoms with E-state index in [4.69, 9.17) is 10.2 Å². The average molecular weight is 754 g/mol. The molecule has 7 heteroatoms. The quantitative estimate of drug-likeness (QED) is 0.0365. The number of rotatable bonds is 28. The SMILES string of the molecule is CC(C)CCCCCC(S)C(=O)O.CC(C)CCCCCC(S)C(=O)O.CCCCCCC[CH2][Sn][CH2]CCCCCCC. The molecular weight excluding hydrogens is 679 g/mol. The maximum atomic E-state index is 10.4. The zero-order chi connectivity index (χ0) is 33.1. The van der Waals surface area contributed by atoms with Crippen molar-refractivity contribution in [1.29, 1.82) is 0 Å². The van der Waals surface area contributed by atoms with Gasteiger partial charge in [-0.3, -0.25) is 9.59 Å². The zero-order valence-electron chi connectivity index (χ0n) is 29.4. The predicted octanol–water partition coefficient (Wildman–Crippen LogP) is 12.2. The summed E-state index contributed by atoms with van der Waals surface area (Å²) in [5.41, 5.74) is 0. The van der Waals surface area contributed by atoms with Gasteiger partial charge in [-0.15, -0.1) is 0 Å². The van der Waals surface area contributed by atoms with Gasteiger partial charge in [0.25, 0.3) is 0 Å². The molecule has 0 aliphatic heterocycles. The Bertz CT molecular complexity index is 527. The topological polar surface area (TPSA) is 74.6 Å². The Morgan fingerprint density at radius 1 is 0.488 bits per heavy atom. The summed E-state index contributed by atoms with van der Waals surface area (Å²) in [4.78, 5) is 20.8. The molecule has 2 radical (unpaired) electrons. The molecule has 2 atom stereocenters. The molecule has 0 amide bonds. The number of thiol groups is 2. The van der Waals surface area contributed by atoms with Gasteiger partial charge in [0.15, 0.2) is 0 Å². The molecule has 0 heterocycles. The summed E-state index contributed by atoms with van der Waals surface area (Å²) in [5.74, 6) is -0.0862. The van der Waals surface area contributed by atoms with Gasteiger partial charge in [-0.2, -0.15) is 25.3 Å². The van der Waals surface area contributed by atoms with Gasteiger partial charge in [0, 0.05) is 0 Å². The van der Waals surface area contributed by atoms with E-state index >= 15 is 0 Å². The molecule has 0 aromatic carbocycles. The third kappa shape index (κ3) is 47.0. The van der Waals surface area contributed by atoms with E-state index in [0.717, 1.165) is 37.5 Å². The number of hydrogen-bond acceptors (Lipinski definition) is 4. The Kier molecular flexibility index (Phi) is 43.0. The molecule has 0 rings (SSSR count). The molecule has 0 aliphatic rings. The second-order valence-corrected chi connectivity index (χ2v) is 18.6. The zero-order valence-corrected chi connectivity index (χ0v) is 34.0. The fraction of sp³-hybridized carbons (Fsp3) is 0.944. The van der Waals surface area contributed by atoms with Crippen molar-refractivity contribution in [2.75, 3.05) is 0 Å². The summed E-state index contributed by atoms with van der Waals surface area (Å²) in [5, 5.41) is 16.2. The first-order valence-electron chi connectivity index (χ1n) is 18.0. The minimum atomic E-state index is -0.799. The van der Waals surface area contributed by atoms with E-state index in [1.54, 1.807) is 21.7 Å². The molecule has 0 aromatic heterocycles. The molecule has 0 saturated carbocycles. The van der Waals surface area contributed by atoms with Crippen LogP contribution in [0.15, 0.2) is 0 Å². The molecule has 0 aromatic rings. The Morgan fingerprint density at radius 3 is 1.07 bits per heavy atom. The van der Waals surface area contributed by atoms with Crippen LogP contribution in [-0.2, 0) is 9.59 Å². The molecule has 43 heavy (non-hydrogen) atoms. The van der Waals surface area contributed by atoms with E-state index in [1.807, 2.05) is 0 Å². The number of aliphatic carboxylic acids is 2. The Labute approximate surface area is 290 Å². The van der Waals surface area contributed by atoms with Crippen LogP contribution in [0.2, 0.25) is 8.87 Å². The van der Waals surface area contributed by atoms with Crippen molar-refractivity contribution in [2.45, 2.75) is 202 Å².